The highest BCUT2D eigenvalue weighted by Gasteiger charge is 2.30. The van der Waals surface area contributed by atoms with Crippen molar-refractivity contribution < 1.29 is 13.6 Å². The van der Waals surface area contributed by atoms with E-state index in [9.17, 15) is 9.59 Å². The molecule has 0 fully saturated rings. The van der Waals surface area contributed by atoms with Crippen molar-refractivity contribution in [2.45, 2.75) is 39.2 Å². The molecule has 2 aromatic heterocycles. The van der Waals surface area contributed by atoms with Crippen LogP contribution in [-0.4, -0.2) is 5.60 Å². The highest BCUT2D eigenvalue weighted by atomic mass is 16.5. The Hall–Kier alpha value is -3.60. The number of aryl methyl sites for hydroxylation is 1. The third kappa shape index (κ3) is 3.17. The summed E-state index contributed by atoms with van der Waals surface area (Å²) in [4.78, 5) is 25.6. The average molecular weight is 413 g/mol. The maximum atomic E-state index is 13.3. The van der Waals surface area contributed by atoms with Crippen LogP contribution in [-0.2, 0) is 6.42 Å². The van der Waals surface area contributed by atoms with E-state index in [4.69, 9.17) is 13.6 Å². The molecule has 0 spiro atoms. The van der Waals surface area contributed by atoms with Crippen molar-refractivity contribution in [3.8, 4) is 17.1 Å². The lowest BCUT2D eigenvalue weighted by atomic mass is 9.94. The number of rotatable bonds is 3. The first kappa shape index (κ1) is 19.4. The number of fused-ring (bicyclic) bond motifs is 6. The van der Waals surface area contributed by atoms with Crippen LogP contribution >= 0.6 is 0 Å². The Morgan fingerprint density at radius 2 is 1.77 bits per heavy atom. The van der Waals surface area contributed by atoms with Gasteiger partial charge < -0.3 is 13.6 Å². The van der Waals surface area contributed by atoms with Crippen LogP contribution in [0.4, 0.5) is 0 Å². The van der Waals surface area contributed by atoms with E-state index in [1.54, 1.807) is 0 Å². The van der Waals surface area contributed by atoms with E-state index in [1.165, 1.54) is 6.07 Å². The lowest BCUT2D eigenvalue weighted by molar-refractivity contribution is 0.161. The van der Waals surface area contributed by atoms with Crippen molar-refractivity contribution in [3.63, 3.8) is 0 Å². The summed E-state index contributed by atoms with van der Waals surface area (Å²) < 4.78 is 18.1. The Bertz CT molecular complexity index is 1470. The summed E-state index contributed by atoms with van der Waals surface area (Å²) in [7, 11) is 0. The molecule has 1 aliphatic rings. The number of hydrogen-bond donors (Lipinski definition) is 0. The van der Waals surface area contributed by atoms with E-state index >= 15 is 0 Å². The van der Waals surface area contributed by atoms with Crippen molar-refractivity contribution in [1.29, 1.82) is 0 Å². The van der Waals surface area contributed by atoms with Crippen molar-refractivity contribution in [3.05, 3.63) is 80.3 Å². The van der Waals surface area contributed by atoms with E-state index in [0.717, 1.165) is 12.0 Å². The Morgan fingerprint density at radius 1 is 1.00 bits per heavy atom. The van der Waals surface area contributed by atoms with Gasteiger partial charge in [-0.1, -0.05) is 43.7 Å². The molecule has 3 heterocycles. The molecular formula is C26H21O5. The molecule has 5 rings (SSSR count). The molecule has 2 aromatic carbocycles. The Balaban J connectivity index is 1.98. The second-order valence-electron chi connectivity index (χ2n) is 8.27. The van der Waals surface area contributed by atoms with E-state index in [2.05, 4.69) is 6.07 Å². The van der Waals surface area contributed by atoms with Crippen LogP contribution in [0.2, 0.25) is 0 Å². The van der Waals surface area contributed by atoms with Gasteiger partial charge in [0.05, 0.1) is 17.0 Å². The van der Waals surface area contributed by atoms with Gasteiger partial charge in [0.25, 0.3) is 0 Å². The van der Waals surface area contributed by atoms with Gasteiger partial charge in [0.15, 0.2) is 16.6 Å². The summed E-state index contributed by atoms with van der Waals surface area (Å²) in [5.74, 6) is 0.989. The predicted octanol–water partition coefficient (Wildman–Crippen LogP) is 5.50. The molecule has 0 aliphatic carbocycles. The highest BCUT2D eigenvalue weighted by Crippen LogP contribution is 2.44. The van der Waals surface area contributed by atoms with Crippen LogP contribution in [0, 0.1) is 6.07 Å². The van der Waals surface area contributed by atoms with E-state index in [-0.39, 0.29) is 16.4 Å². The Morgan fingerprint density at radius 3 is 2.52 bits per heavy atom. The van der Waals surface area contributed by atoms with Crippen molar-refractivity contribution >= 4 is 28.0 Å². The minimum Gasteiger partial charge on any atom is -0.482 e. The minimum absolute atomic E-state index is 0.195. The van der Waals surface area contributed by atoms with Gasteiger partial charge in [0.1, 0.15) is 22.5 Å². The molecule has 5 heteroatoms. The molecule has 0 saturated carbocycles. The summed E-state index contributed by atoms with van der Waals surface area (Å²) in [5, 5.41) is 0.853. The van der Waals surface area contributed by atoms with Gasteiger partial charge in [-0.2, -0.15) is 0 Å². The third-order valence-corrected chi connectivity index (χ3v) is 5.44. The number of benzene rings is 2. The lowest BCUT2D eigenvalue weighted by Gasteiger charge is -2.29. The molecule has 31 heavy (non-hydrogen) atoms. The molecule has 0 amide bonds. The summed E-state index contributed by atoms with van der Waals surface area (Å²) in [5.41, 5.74) is 1.21. The SMILES string of the molecule is CCCc1[c]c(=O)oc2c1c1c(c3oc(-c4ccccc4)cc(=O)c32)C=CC(C)(C)O1. The van der Waals surface area contributed by atoms with Gasteiger partial charge in [-0.3, -0.25) is 4.79 Å². The first-order chi connectivity index (χ1) is 14.9. The van der Waals surface area contributed by atoms with Crippen LogP contribution in [0.15, 0.2) is 60.9 Å². The third-order valence-electron chi connectivity index (χ3n) is 5.44. The van der Waals surface area contributed by atoms with Crippen LogP contribution in [0.3, 0.4) is 0 Å². The van der Waals surface area contributed by atoms with Gasteiger partial charge in [0, 0.05) is 11.6 Å². The fourth-order valence-corrected chi connectivity index (χ4v) is 4.06. The molecule has 0 N–H and O–H groups in total. The van der Waals surface area contributed by atoms with Gasteiger partial charge in [-0.25, -0.2) is 4.79 Å². The zero-order valence-corrected chi connectivity index (χ0v) is 17.6. The van der Waals surface area contributed by atoms with Crippen molar-refractivity contribution in [2.75, 3.05) is 0 Å². The van der Waals surface area contributed by atoms with Crippen molar-refractivity contribution in [1.82, 2.24) is 0 Å². The summed E-state index contributed by atoms with van der Waals surface area (Å²) in [6.45, 7) is 5.91. The first-order valence-corrected chi connectivity index (χ1v) is 10.3. The molecule has 4 aromatic rings. The standard InChI is InChI=1S/C26H21O5/c1-4-8-16-13-20(28)30-25-21(16)24-17(11-12-26(2,3)31-24)23-22(25)18(27)14-19(29-23)15-9-6-5-7-10-15/h5-7,9-12,14H,4,8H2,1-3H3. The zero-order chi connectivity index (χ0) is 21.8. The second kappa shape index (κ2) is 6.98. The Kier molecular flexibility index (Phi) is 4.36. The molecule has 5 nitrogen and oxygen atoms in total. The zero-order valence-electron chi connectivity index (χ0n) is 17.6. The fourth-order valence-electron chi connectivity index (χ4n) is 4.06. The molecule has 0 unspecified atom stereocenters. The lowest BCUT2D eigenvalue weighted by Crippen LogP contribution is -2.28. The predicted molar refractivity (Wildman–Crippen MR) is 121 cm³/mol. The van der Waals surface area contributed by atoms with Gasteiger partial charge in [0.2, 0.25) is 0 Å². The largest absolute Gasteiger partial charge is 0.482 e. The highest BCUT2D eigenvalue weighted by molar-refractivity contribution is 6.11. The molecule has 1 aliphatic heterocycles. The van der Waals surface area contributed by atoms with Crippen LogP contribution in [0.25, 0.3) is 39.3 Å². The topological polar surface area (TPSA) is 69.7 Å². The van der Waals surface area contributed by atoms with Crippen LogP contribution in [0.5, 0.6) is 5.75 Å². The maximum absolute atomic E-state index is 13.3. The summed E-state index contributed by atoms with van der Waals surface area (Å²) >= 11 is 0. The molecule has 0 saturated heterocycles. The van der Waals surface area contributed by atoms with E-state index in [1.807, 2.05) is 63.3 Å². The maximum Gasteiger partial charge on any atom is 0.344 e. The smallest absolute Gasteiger partial charge is 0.344 e. The first-order valence-electron chi connectivity index (χ1n) is 10.3. The fraction of sp³-hybridized carbons (Fsp3) is 0.231. The minimum atomic E-state index is -0.616. The van der Waals surface area contributed by atoms with Crippen LogP contribution in [0.1, 0.15) is 38.3 Å². The normalized spacial score (nSPS) is 14.5. The summed E-state index contributed by atoms with van der Waals surface area (Å²) in [6, 6.07) is 13.6. The number of hydrogen-bond acceptors (Lipinski definition) is 5. The molecule has 1 radical (unpaired) electrons. The molecular weight excluding hydrogens is 392 g/mol. The molecule has 155 valence electrons. The average Bonchev–Trinajstić information content (AvgIpc) is 2.73. The summed E-state index contributed by atoms with van der Waals surface area (Å²) in [6.07, 6.45) is 5.26. The second-order valence-corrected chi connectivity index (χ2v) is 8.27. The van der Waals surface area contributed by atoms with Gasteiger partial charge >= 0.3 is 5.63 Å². The molecule has 0 bridgehead atoms. The van der Waals surface area contributed by atoms with Crippen molar-refractivity contribution in [2.24, 2.45) is 0 Å². The molecule has 0 atom stereocenters. The van der Waals surface area contributed by atoms with Crippen LogP contribution < -0.4 is 15.8 Å². The monoisotopic (exact) mass is 413 g/mol. The Labute approximate surface area is 178 Å². The van der Waals surface area contributed by atoms with Gasteiger partial charge in [-0.05, 0) is 38.0 Å². The quantitative estimate of drug-likeness (QED) is 0.327. The number of ether oxygens (including phenoxy) is 1. The van der Waals surface area contributed by atoms with E-state index in [0.29, 0.717) is 40.0 Å². The van der Waals surface area contributed by atoms with E-state index < -0.39 is 11.2 Å². The van der Waals surface area contributed by atoms with Gasteiger partial charge in [-0.15, -0.1) is 0 Å².